The molecule has 30 heavy (non-hydrogen) atoms. The number of fused-ring (bicyclic) bond motifs is 1. The molecule has 0 aliphatic heterocycles. The predicted octanol–water partition coefficient (Wildman–Crippen LogP) is 4.77. The van der Waals surface area contributed by atoms with Crippen molar-refractivity contribution in [2.24, 2.45) is 0 Å². The minimum Gasteiger partial charge on any atom is -0.478 e. The van der Waals surface area contributed by atoms with Crippen LogP contribution in [0.25, 0.3) is 22.0 Å². The van der Waals surface area contributed by atoms with Crippen LogP contribution in [0.4, 0.5) is 14.5 Å². The molecular weight excluding hydrogens is 392 g/mol. The van der Waals surface area contributed by atoms with Crippen LogP contribution in [0.1, 0.15) is 26.4 Å². The van der Waals surface area contributed by atoms with E-state index in [1.54, 1.807) is 18.2 Å². The van der Waals surface area contributed by atoms with Crippen molar-refractivity contribution in [1.29, 1.82) is 0 Å². The second-order valence-electron chi connectivity index (χ2n) is 6.69. The first-order valence-corrected chi connectivity index (χ1v) is 8.93. The number of anilines is 1. The van der Waals surface area contributed by atoms with Crippen molar-refractivity contribution >= 4 is 28.5 Å². The molecule has 0 radical (unpaired) electrons. The second kappa shape index (κ2) is 7.40. The van der Waals surface area contributed by atoms with E-state index in [0.717, 1.165) is 28.7 Å². The highest BCUT2D eigenvalue weighted by molar-refractivity contribution is 6.10. The highest BCUT2D eigenvalue weighted by Gasteiger charge is 2.20. The average Bonchev–Trinajstić information content (AvgIpc) is 3.10. The molecule has 0 aliphatic carbocycles. The number of hydrogen-bond donors (Lipinski definition) is 3. The number of carboxylic acids is 1. The van der Waals surface area contributed by atoms with E-state index in [2.05, 4.69) is 15.5 Å². The largest absolute Gasteiger partial charge is 0.478 e. The van der Waals surface area contributed by atoms with Gasteiger partial charge in [-0.15, -0.1) is 0 Å². The summed E-state index contributed by atoms with van der Waals surface area (Å²) in [6.07, 6.45) is 0. The van der Waals surface area contributed by atoms with Crippen LogP contribution < -0.4 is 5.32 Å². The van der Waals surface area contributed by atoms with E-state index < -0.39 is 29.2 Å². The first-order valence-electron chi connectivity index (χ1n) is 8.93. The summed E-state index contributed by atoms with van der Waals surface area (Å²) in [6, 6.07) is 12.9. The Morgan fingerprint density at radius 3 is 2.30 bits per heavy atom. The molecule has 150 valence electrons. The van der Waals surface area contributed by atoms with E-state index in [4.69, 9.17) is 0 Å². The quantitative estimate of drug-likeness (QED) is 0.454. The number of benzene rings is 3. The van der Waals surface area contributed by atoms with E-state index in [-0.39, 0.29) is 16.7 Å². The summed E-state index contributed by atoms with van der Waals surface area (Å²) in [5, 5.41) is 19.1. The minimum absolute atomic E-state index is 0.200. The van der Waals surface area contributed by atoms with Gasteiger partial charge in [0.25, 0.3) is 5.91 Å². The predicted molar refractivity (Wildman–Crippen MR) is 108 cm³/mol. The van der Waals surface area contributed by atoms with Crippen LogP contribution in [-0.4, -0.2) is 27.2 Å². The number of aromatic amines is 1. The number of rotatable bonds is 4. The number of aryl methyl sites for hydroxylation is 1. The van der Waals surface area contributed by atoms with Crippen LogP contribution in [0.2, 0.25) is 0 Å². The number of hydrogen-bond acceptors (Lipinski definition) is 3. The maximum absolute atomic E-state index is 14.7. The van der Waals surface area contributed by atoms with Crippen molar-refractivity contribution in [3.8, 4) is 11.1 Å². The highest BCUT2D eigenvalue weighted by Crippen LogP contribution is 2.30. The molecule has 0 fully saturated rings. The maximum Gasteiger partial charge on any atom is 0.336 e. The van der Waals surface area contributed by atoms with Gasteiger partial charge in [0.05, 0.1) is 22.3 Å². The van der Waals surface area contributed by atoms with Crippen molar-refractivity contribution in [2.45, 2.75) is 6.92 Å². The maximum atomic E-state index is 14.7. The molecule has 0 atom stereocenters. The fraction of sp³-hybridized carbons (Fsp3) is 0.0455. The molecule has 0 bridgehead atoms. The van der Waals surface area contributed by atoms with E-state index in [1.807, 2.05) is 6.92 Å². The first kappa shape index (κ1) is 19.3. The van der Waals surface area contributed by atoms with Gasteiger partial charge >= 0.3 is 5.97 Å². The number of halogens is 2. The summed E-state index contributed by atoms with van der Waals surface area (Å²) in [5.41, 5.74) is 1.32. The summed E-state index contributed by atoms with van der Waals surface area (Å²) in [5.74, 6) is -4.19. The molecule has 1 aromatic heterocycles. The molecule has 4 aromatic rings. The lowest BCUT2D eigenvalue weighted by molar-refractivity contribution is 0.0692. The van der Waals surface area contributed by atoms with Gasteiger partial charge in [-0.05, 0) is 54.4 Å². The lowest BCUT2D eigenvalue weighted by Gasteiger charge is -2.11. The van der Waals surface area contributed by atoms with Gasteiger partial charge in [-0.3, -0.25) is 9.89 Å². The number of carbonyl (C=O) groups excluding carboxylic acids is 1. The Morgan fingerprint density at radius 2 is 1.63 bits per heavy atom. The number of aromatic carboxylic acids is 1. The van der Waals surface area contributed by atoms with E-state index in [1.165, 1.54) is 24.3 Å². The molecule has 0 aliphatic rings. The summed E-state index contributed by atoms with van der Waals surface area (Å²) in [7, 11) is 0. The summed E-state index contributed by atoms with van der Waals surface area (Å²) in [6.45, 7) is 1.82. The standard InChI is InChI=1S/C22H15F2N3O3/c1-11-16-8-12(6-7-19(16)27-26-11)13-9-17(23)20(18(24)10-13)25-21(28)14-4-2-3-5-15(14)22(29)30/h2-10H,1H3,(H,25,28)(H,26,27)(H,29,30). The molecule has 0 spiro atoms. The van der Waals surface area contributed by atoms with Crippen LogP contribution in [0, 0.1) is 18.6 Å². The summed E-state index contributed by atoms with van der Waals surface area (Å²) in [4.78, 5) is 23.7. The average molecular weight is 407 g/mol. The molecule has 3 N–H and O–H groups in total. The number of aromatic nitrogens is 2. The van der Waals surface area contributed by atoms with E-state index in [9.17, 15) is 23.5 Å². The third kappa shape index (κ3) is 3.39. The van der Waals surface area contributed by atoms with Crippen molar-refractivity contribution < 1.29 is 23.5 Å². The molecule has 3 aromatic carbocycles. The van der Waals surface area contributed by atoms with Crippen molar-refractivity contribution in [1.82, 2.24) is 10.2 Å². The number of nitrogens with one attached hydrogen (secondary N) is 2. The molecule has 6 nitrogen and oxygen atoms in total. The minimum atomic E-state index is -1.32. The Labute approximate surface area is 169 Å². The van der Waals surface area contributed by atoms with Crippen molar-refractivity contribution in [2.75, 3.05) is 5.32 Å². The normalized spacial score (nSPS) is 10.9. The van der Waals surface area contributed by atoms with Gasteiger partial charge in [0.1, 0.15) is 17.3 Å². The summed E-state index contributed by atoms with van der Waals surface area (Å²) < 4.78 is 29.4. The van der Waals surface area contributed by atoms with Gasteiger partial charge < -0.3 is 10.4 Å². The van der Waals surface area contributed by atoms with Gasteiger partial charge in [0.15, 0.2) is 0 Å². The highest BCUT2D eigenvalue weighted by atomic mass is 19.1. The Balaban J connectivity index is 1.68. The third-order valence-electron chi connectivity index (χ3n) is 4.77. The number of carboxylic acid groups (broad SMARTS) is 1. The zero-order valence-corrected chi connectivity index (χ0v) is 15.7. The first-order chi connectivity index (χ1) is 14.3. The van der Waals surface area contributed by atoms with Gasteiger partial charge in [-0.1, -0.05) is 18.2 Å². The van der Waals surface area contributed by atoms with Crippen LogP contribution in [-0.2, 0) is 0 Å². The number of H-pyrrole nitrogens is 1. The van der Waals surface area contributed by atoms with Crippen LogP contribution in [0.15, 0.2) is 54.6 Å². The van der Waals surface area contributed by atoms with E-state index >= 15 is 0 Å². The van der Waals surface area contributed by atoms with Gasteiger partial charge in [0.2, 0.25) is 0 Å². The molecule has 1 heterocycles. The van der Waals surface area contributed by atoms with E-state index in [0.29, 0.717) is 5.56 Å². The van der Waals surface area contributed by atoms with Gasteiger partial charge in [-0.2, -0.15) is 5.10 Å². The number of carbonyl (C=O) groups is 2. The van der Waals surface area contributed by atoms with Crippen LogP contribution in [0.3, 0.4) is 0 Å². The molecule has 8 heteroatoms. The zero-order chi connectivity index (χ0) is 21.4. The third-order valence-corrected chi connectivity index (χ3v) is 4.77. The Morgan fingerprint density at radius 1 is 0.967 bits per heavy atom. The SMILES string of the molecule is Cc1n[nH]c2ccc(-c3cc(F)c(NC(=O)c4ccccc4C(=O)O)c(F)c3)cc12. The van der Waals surface area contributed by atoms with Gasteiger partial charge in [-0.25, -0.2) is 13.6 Å². The molecule has 0 saturated carbocycles. The summed E-state index contributed by atoms with van der Waals surface area (Å²) >= 11 is 0. The van der Waals surface area contributed by atoms with Crippen LogP contribution in [0.5, 0.6) is 0 Å². The molecule has 0 saturated heterocycles. The zero-order valence-electron chi connectivity index (χ0n) is 15.7. The van der Waals surface area contributed by atoms with Crippen molar-refractivity contribution in [3.05, 3.63) is 83.1 Å². The molecular formula is C22H15F2N3O3. The molecule has 4 rings (SSSR count). The Hall–Kier alpha value is -4.07. The number of nitrogens with zero attached hydrogens (tertiary/aromatic N) is 1. The number of amides is 1. The topological polar surface area (TPSA) is 95.1 Å². The smallest absolute Gasteiger partial charge is 0.336 e. The second-order valence-corrected chi connectivity index (χ2v) is 6.69. The lowest BCUT2D eigenvalue weighted by atomic mass is 10.0. The monoisotopic (exact) mass is 407 g/mol. The Bertz CT molecular complexity index is 1290. The Kier molecular flexibility index (Phi) is 4.75. The van der Waals surface area contributed by atoms with Gasteiger partial charge in [0, 0.05) is 5.39 Å². The van der Waals surface area contributed by atoms with Crippen molar-refractivity contribution in [3.63, 3.8) is 0 Å². The van der Waals surface area contributed by atoms with Crippen LogP contribution >= 0.6 is 0 Å². The fourth-order valence-electron chi connectivity index (χ4n) is 3.23. The lowest BCUT2D eigenvalue weighted by Crippen LogP contribution is -2.18. The molecule has 1 amide bonds. The fourth-order valence-corrected chi connectivity index (χ4v) is 3.23. The molecule has 0 unspecified atom stereocenters.